The summed E-state index contributed by atoms with van der Waals surface area (Å²) in [5, 5.41) is 7.80. The number of hydrogen-bond acceptors (Lipinski definition) is 4. The topological polar surface area (TPSA) is 69.0 Å². The van der Waals surface area contributed by atoms with Crippen LogP contribution in [0.4, 0.5) is 0 Å². The largest absolute Gasteiger partial charge is 0.478 e. The fourth-order valence-electron chi connectivity index (χ4n) is 1.35. The molecule has 6 nitrogen and oxygen atoms in total. The number of nitrogens with zero attached hydrogens (tertiary/aromatic N) is 3. The number of rotatable bonds is 4. The summed E-state index contributed by atoms with van der Waals surface area (Å²) in [6.45, 7) is 3.34. The van der Waals surface area contributed by atoms with Gasteiger partial charge in [0, 0.05) is 5.02 Å². The normalized spacial score (nSPS) is 11.1. The molecule has 0 bridgehead atoms. The average Bonchev–Trinajstić information content (AvgIpc) is 2.84. The van der Waals surface area contributed by atoms with Crippen LogP contribution in [-0.4, -0.2) is 26.4 Å². The van der Waals surface area contributed by atoms with Gasteiger partial charge < -0.3 is 4.74 Å². The van der Waals surface area contributed by atoms with E-state index in [1.54, 1.807) is 38.1 Å². The number of nitrogens with one attached hydrogen (secondary N) is 1. The number of benzene rings is 1. The number of hydrogen-bond donors (Lipinski definition) is 1. The molecule has 7 heteroatoms. The first-order chi connectivity index (χ1) is 8.97. The van der Waals surface area contributed by atoms with Gasteiger partial charge >= 0.3 is 0 Å². The van der Waals surface area contributed by atoms with Gasteiger partial charge in [0.1, 0.15) is 18.4 Å². The third-order valence-corrected chi connectivity index (χ3v) is 2.63. The van der Waals surface area contributed by atoms with Crippen molar-refractivity contribution in [1.29, 1.82) is 0 Å². The van der Waals surface area contributed by atoms with E-state index in [1.165, 1.54) is 17.3 Å². The zero-order valence-electron chi connectivity index (χ0n) is 10.5. The first-order valence-electron chi connectivity index (χ1n) is 5.58. The molecule has 1 heterocycles. The summed E-state index contributed by atoms with van der Waals surface area (Å²) in [5.74, 6) is 0.246. The van der Waals surface area contributed by atoms with Crippen molar-refractivity contribution in [2.75, 3.05) is 5.43 Å². The zero-order chi connectivity index (χ0) is 13.9. The Labute approximate surface area is 115 Å². The van der Waals surface area contributed by atoms with Crippen molar-refractivity contribution < 1.29 is 9.53 Å². The van der Waals surface area contributed by atoms with Gasteiger partial charge in [-0.15, -0.1) is 10.2 Å². The molecule has 0 aliphatic carbocycles. The van der Waals surface area contributed by atoms with Gasteiger partial charge in [-0.25, -0.2) is 4.68 Å². The van der Waals surface area contributed by atoms with Crippen LogP contribution in [0.25, 0.3) is 0 Å². The molecule has 0 saturated carbocycles. The third kappa shape index (κ3) is 3.45. The maximum atomic E-state index is 12.1. The molecule has 0 aliphatic rings. The molecule has 1 aromatic carbocycles. The van der Waals surface area contributed by atoms with Crippen molar-refractivity contribution >= 4 is 17.5 Å². The Bertz CT molecular complexity index is 552. The first kappa shape index (κ1) is 13.4. The van der Waals surface area contributed by atoms with Gasteiger partial charge in [-0.2, -0.15) is 0 Å². The average molecular weight is 281 g/mol. The van der Waals surface area contributed by atoms with Gasteiger partial charge in [-0.05, 0) is 38.1 Å². The summed E-state index contributed by atoms with van der Waals surface area (Å²) in [7, 11) is 0. The second-order valence-corrected chi connectivity index (χ2v) is 4.81. The Morgan fingerprint density at radius 3 is 2.42 bits per heavy atom. The van der Waals surface area contributed by atoms with E-state index in [0.29, 0.717) is 10.8 Å². The Morgan fingerprint density at radius 1 is 1.26 bits per heavy atom. The maximum Gasteiger partial charge on any atom is 0.282 e. The molecular weight excluding hydrogens is 268 g/mol. The molecule has 0 unspecified atom stereocenters. The van der Waals surface area contributed by atoms with E-state index in [4.69, 9.17) is 16.3 Å². The van der Waals surface area contributed by atoms with E-state index in [1.807, 2.05) is 0 Å². The van der Waals surface area contributed by atoms with Crippen LogP contribution < -0.4 is 10.2 Å². The molecule has 1 aromatic heterocycles. The SMILES string of the molecule is CC(C)(Oc1ccc(Cl)cc1)C(=O)Nn1cnnc1. The van der Waals surface area contributed by atoms with E-state index in [2.05, 4.69) is 15.6 Å². The van der Waals surface area contributed by atoms with E-state index < -0.39 is 5.60 Å². The first-order valence-corrected chi connectivity index (χ1v) is 5.96. The highest BCUT2D eigenvalue weighted by Gasteiger charge is 2.30. The molecule has 19 heavy (non-hydrogen) atoms. The number of carbonyl (C=O) groups is 1. The van der Waals surface area contributed by atoms with Gasteiger partial charge in [-0.1, -0.05) is 11.6 Å². The van der Waals surface area contributed by atoms with Gasteiger partial charge in [0.2, 0.25) is 0 Å². The van der Waals surface area contributed by atoms with Gasteiger partial charge in [0.05, 0.1) is 0 Å². The third-order valence-electron chi connectivity index (χ3n) is 2.38. The van der Waals surface area contributed by atoms with Crippen LogP contribution in [0.5, 0.6) is 5.75 Å². The molecule has 0 fully saturated rings. The molecule has 2 aromatic rings. The van der Waals surface area contributed by atoms with Crippen molar-refractivity contribution in [1.82, 2.24) is 14.9 Å². The predicted molar refractivity (Wildman–Crippen MR) is 70.5 cm³/mol. The van der Waals surface area contributed by atoms with Crippen LogP contribution in [0, 0.1) is 0 Å². The van der Waals surface area contributed by atoms with Crippen molar-refractivity contribution in [2.45, 2.75) is 19.4 Å². The molecule has 0 atom stereocenters. The summed E-state index contributed by atoms with van der Waals surface area (Å²) in [6.07, 6.45) is 2.77. The molecule has 2 rings (SSSR count). The predicted octanol–water partition coefficient (Wildman–Crippen LogP) is 1.86. The van der Waals surface area contributed by atoms with Crippen molar-refractivity contribution in [3.8, 4) is 5.75 Å². The Hall–Kier alpha value is -2.08. The van der Waals surface area contributed by atoms with E-state index in [-0.39, 0.29) is 5.91 Å². The molecule has 0 spiro atoms. The van der Waals surface area contributed by atoms with E-state index >= 15 is 0 Å². The Morgan fingerprint density at radius 2 is 1.84 bits per heavy atom. The maximum absolute atomic E-state index is 12.1. The highest BCUT2D eigenvalue weighted by molar-refractivity contribution is 6.30. The summed E-state index contributed by atoms with van der Waals surface area (Å²) >= 11 is 5.79. The summed E-state index contributed by atoms with van der Waals surface area (Å²) in [5.41, 5.74) is 1.55. The number of aromatic nitrogens is 3. The molecular formula is C12H13ClN4O2. The van der Waals surface area contributed by atoms with Crippen LogP contribution in [0.2, 0.25) is 5.02 Å². The molecule has 1 amide bonds. The van der Waals surface area contributed by atoms with E-state index in [0.717, 1.165) is 0 Å². The second kappa shape index (κ2) is 5.27. The van der Waals surface area contributed by atoms with Crippen molar-refractivity contribution in [3.05, 3.63) is 41.9 Å². The summed E-state index contributed by atoms with van der Waals surface area (Å²) in [6, 6.07) is 6.81. The summed E-state index contributed by atoms with van der Waals surface area (Å²) in [4.78, 5) is 12.1. The van der Waals surface area contributed by atoms with Gasteiger partial charge in [0.15, 0.2) is 5.60 Å². The standard InChI is InChI=1S/C12H13ClN4O2/c1-12(2,11(18)16-17-7-14-15-8-17)19-10-5-3-9(13)4-6-10/h3-8H,1-2H3,(H,16,18). The van der Waals surface area contributed by atoms with Crippen LogP contribution >= 0.6 is 11.6 Å². The summed E-state index contributed by atoms with van der Waals surface area (Å²) < 4.78 is 7.00. The Kier molecular flexibility index (Phi) is 3.71. The molecule has 0 radical (unpaired) electrons. The number of ether oxygens (including phenoxy) is 1. The smallest absolute Gasteiger partial charge is 0.282 e. The lowest BCUT2D eigenvalue weighted by atomic mass is 10.1. The molecule has 1 N–H and O–H groups in total. The molecule has 100 valence electrons. The lowest BCUT2D eigenvalue weighted by molar-refractivity contribution is -0.129. The minimum absolute atomic E-state index is 0.317. The number of amides is 1. The van der Waals surface area contributed by atoms with Gasteiger partial charge in [-0.3, -0.25) is 10.2 Å². The highest BCUT2D eigenvalue weighted by atomic mass is 35.5. The fraction of sp³-hybridized carbons (Fsp3) is 0.250. The second-order valence-electron chi connectivity index (χ2n) is 4.38. The molecule has 0 aliphatic heterocycles. The zero-order valence-corrected chi connectivity index (χ0v) is 11.3. The highest BCUT2D eigenvalue weighted by Crippen LogP contribution is 2.21. The van der Waals surface area contributed by atoms with Crippen LogP contribution in [0.15, 0.2) is 36.9 Å². The van der Waals surface area contributed by atoms with Crippen LogP contribution in [0.1, 0.15) is 13.8 Å². The van der Waals surface area contributed by atoms with Crippen LogP contribution in [0.3, 0.4) is 0 Å². The van der Waals surface area contributed by atoms with Crippen molar-refractivity contribution in [2.24, 2.45) is 0 Å². The van der Waals surface area contributed by atoms with Crippen LogP contribution in [-0.2, 0) is 4.79 Å². The van der Waals surface area contributed by atoms with E-state index in [9.17, 15) is 4.79 Å². The van der Waals surface area contributed by atoms with Crippen molar-refractivity contribution in [3.63, 3.8) is 0 Å². The minimum Gasteiger partial charge on any atom is -0.478 e. The quantitative estimate of drug-likeness (QED) is 0.928. The fourth-order valence-corrected chi connectivity index (χ4v) is 1.48. The minimum atomic E-state index is -1.04. The lowest BCUT2D eigenvalue weighted by Gasteiger charge is -2.25. The number of halogens is 1. The monoisotopic (exact) mass is 280 g/mol. The van der Waals surface area contributed by atoms with Gasteiger partial charge in [0.25, 0.3) is 5.91 Å². The molecule has 0 saturated heterocycles. The number of carbonyl (C=O) groups excluding carboxylic acids is 1. The Balaban J connectivity index is 2.04. The lowest BCUT2D eigenvalue weighted by Crippen LogP contribution is -2.45.